The van der Waals surface area contributed by atoms with Crippen LogP contribution in [-0.2, 0) is 0 Å². The minimum Gasteiger partial charge on any atom is -0.337 e. The second-order valence-electron chi connectivity index (χ2n) is 2.44. The molecular weight excluding hydrogens is 112 g/mol. The first-order valence-electron chi connectivity index (χ1n) is 3.43. The summed E-state index contributed by atoms with van der Waals surface area (Å²) in [7, 11) is 0. The van der Waals surface area contributed by atoms with Gasteiger partial charge >= 0.3 is 0 Å². The first-order valence-corrected chi connectivity index (χ1v) is 3.43. The SMILES string of the molecule is C1=CN2CCCC2=NC1. The molecule has 1 saturated heterocycles. The summed E-state index contributed by atoms with van der Waals surface area (Å²) in [5.74, 6) is 1.29. The van der Waals surface area contributed by atoms with Gasteiger partial charge in [0.25, 0.3) is 0 Å². The summed E-state index contributed by atoms with van der Waals surface area (Å²) in [6, 6.07) is 0. The summed E-state index contributed by atoms with van der Waals surface area (Å²) >= 11 is 0. The molecule has 0 radical (unpaired) electrons. The molecule has 0 aromatic carbocycles. The Kier molecular flexibility index (Phi) is 1.04. The Hall–Kier alpha value is -0.790. The Bertz CT molecular complexity index is 170. The van der Waals surface area contributed by atoms with Gasteiger partial charge in [0.05, 0.1) is 6.54 Å². The second-order valence-corrected chi connectivity index (χ2v) is 2.44. The zero-order valence-corrected chi connectivity index (χ0v) is 5.38. The molecule has 48 valence electrons. The number of fused-ring (bicyclic) bond motifs is 1. The van der Waals surface area contributed by atoms with Crippen molar-refractivity contribution in [2.45, 2.75) is 12.8 Å². The maximum Gasteiger partial charge on any atom is 0.103 e. The average molecular weight is 122 g/mol. The molecule has 0 unspecified atom stereocenters. The van der Waals surface area contributed by atoms with Gasteiger partial charge in [0.15, 0.2) is 0 Å². The topological polar surface area (TPSA) is 15.6 Å². The number of amidine groups is 1. The predicted octanol–water partition coefficient (Wildman–Crippen LogP) is 1.01. The zero-order valence-electron chi connectivity index (χ0n) is 5.38. The van der Waals surface area contributed by atoms with Gasteiger partial charge in [-0.1, -0.05) is 0 Å². The van der Waals surface area contributed by atoms with E-state index < -0.39 is 0 Å². The lowest BCUT2D eigenvalue weighted by Crippen LogP contribution is -2.20. The molecule has 0 aliphatic carbocycles. The van der Waals surface area contributed by atoms with E-state index in [2.05, 4.69) is 22.2 Å². The molecule has 2 heterocycles. The molecule has 2 aliphatic rings. The molecule has 0 bridgehead atoms. The first-order chi connectivity index (χ1) is 4.47. The number of hydrogen-bond donors (Lipinski definition) is 0. The van der Waals surface area contributed by atoms with Crippen LogP contribution in [0.4, 0.5) is 0 Å². The van der Waals surface area contributed by atoms with Crippen LogP contribution in [0.15, 0.2) is 17.3 Å². The van der Waals surface area contributed by atoms with E-state index in [0.29, 0.717) is 0 Å². The monoisotopic (exact) mass is 122 g/mol. The predicted molar refractivity (Wildman–Crippen MR) is 37.4 cm³/mol. The van der Waals surface area contributed by atoms with Gasteiger partial charge in [-0.15, -0.1) is 0 Å². The van der Waals surface area contributed by atoms with Gasteiger partial charge < -0.3 is 4.90 Å². The molecule has 1 fully saturated rings. The molecule has 2 rings (SSSR count). The van der Waals surface area contributed by atoms with Crippen molar-refractivity contribution < 1.29 is 0 Å². The van der Waals surface area contributed by atoms with Crippen LogP contribution in [0.1, 0.15) is 12.8 Å². The Morgan fingerprint density at radius 3 is 3.44 bits per heavy atom. The van der Waals surface area contributed by atoms with Crippen molar-refractivity contribution in [1.82, 2.24) is 4.90 Å². The molecule has 0 aromatic rings. The molecule has 0 saturated carbocycles. The normalized spacial score (nSPS) is 24.0. The third-order valence-corrected chi connectivity index (χ3v) is 1.80. The fraction of sp³-hybridized carbons (Fsp3) is 0.571. The number of aliphatic imine (C=N–C) groups is 1. The van der Waals surface area contributed by atoms with Crippen molar-refractivity contribution in [3.8, 4) is 0 Å². The van der Waals surface area contributed by atoms with Gasteiger partial charge in [0.2, 0.25) is 0 Å². The highest BCUT2D eigenvalue weighted by atomic mass is 15.2. The maximum atomic E-state index is 4.35. The van der Waals surface area contributed by atoms with Crippen molar-refractivity contribution in [2.75, 3.05) is 13.1 Å². The van der Waals surface area contributed by atoms with Crippen molar-refractivity contribution in [3.63, 3.8) is 0 Å². The molecule has 0 atom stereocenters. The molecule has 2 nitrogen and oxygen atoms in total. The summed E-state index contributed by atoms with van der Waals surface area (Å²) in [6.07, 6.45) is 6.72. The summed E-state index contributed by atoms with van der Waals surface area (Å²) in [6.45, 7) is 2.07. The van der Waals surface area contributed by atoms with Crippen molar-refractivity contribution in [3.05, 3.63) is 12.3 Å². The van der Waals surface area contributed by atoms with E-state index in [-0.39, 0.29) is 0 Å². The molecular formula is C7H10N2. The summed E-state index contributed by atoms with van der Waals surface area (Å²) < 4.78 is 0. The highest BCUT2D eigenvalue weighted by Gasteiger charge is 2.16. The van der Waals surface area contributed by atoms with Gasteiger partial charge in [-0.2, -0.15) is 0 Å². The molecule has 0 amide bonds. The highest BCUT2D eigenvalue weighted by Crippen LogP contribution is 2.14. The number of nitrogens with zero attached hydrogens (tertiary/aromatic N) is 2. The standard InChI is InChI=1S/C7H10N2/c1-3-7-8-4-2-6-9(7)5-1/h2,6H,1,3-5H2. The van der Waals surface area contributed by atoms with Gasteiger partial charge in [-0.05, 0) is 12.5 Å². The van der Waals surface area contributed by atoms with E-state index in [0.717, 1.165) is 6.54 Å². The highest BCUT2D eigenvalue weighted by molar-refractivity contribution is 5.85. The molecule has 9 heavy (non-hydrogen) atoms. The van der Waals surface area contributed by atoms with Gasteiger partial charge in [0.1, 0.15) is 5.84 Å². The van der Waals surface area contributed by atoms with E-state index in [1.54, 1.807) is 0 Å². The van der Waals surface area contributed by atoms with Crippen LogP contribution >= 0.6 is 0 Å². The van der Waals surface area contributed by atoms with Crippen LogP contribution in [0, 0.1) is 0 Å². The average Bonchev–Trinajstić information content (AvgIpc) is 2.33. The van der Waals surface area contributed by atoms with Crippen LogP contribution in [0.2, 0.25) is 0 Å². The minimum absolute atomic E-state index is 0.895. The largest absolute Gasteiger partial charge is 0.337 e. The number of hydrogen-bond acceptors (Lipinski definition) is 2. The molecule has 2 heteroatoms. The Labute approximate surface area is 54.9 Å². The van der Waals surface area contributed by atoms with E-state index in [9.17, 15) is 0 Å². The smallest absolute Gasteiger partial charge is 0.103 e. The van der Waals surface area contributed by atoms with E-state index in [1.165, 1.54) is 25.2 Å². The number of rotatable bonds is 0. The maximum absolute atomic E-state index is 4.35. The molecule has 0 aromatic heterocycles. The second kappa shape index (κ2) is 1.87. The molecule has 0 spiro atoms. The summed E-state index contributed by atoms with van der Waals surface area (Å²) in [5, 5.41) is 0. The van der Waals surface area contributed by atoms with Crippen LogP contribution in [-0.4, -0.2) is 23.8 Å². The lowest BCUT2D eigenvalue weighted by atomic mass is 10.4. The molecule has 2 aliphatic heterocycles. The van der Waals surface area contributed by atoms with Crippen molar-refractivity contribution >= 4 is 5.84 Å². The van der Waals surface area contributed by atoms with E-state index in [1.807, 2.05) is 0 Å². The Morgan fingerprint density at radius 1 is 1.56 bits per heavy atom. The van der Waals surface area contributed by atoms with E-state index >= 15 is 0 Å². The first kappa shape index (κ1) is 5.03. The third kappa shape index (κ3) is 0.745. The van der Waals surface area contributed by atoms with Crippen LogP contribution in [0.5, 0.6) is 0 Å². The van der Waals surface area contributed by atoms with Crippen LogP contribution in [0.25, 0.3) is 0 Å². The van der Waals surface area contributed by atoms with Gasteiger partial charge in [0, 0.05) is 19.2 Å². The Balaban J connectivity index is 2.22. The zero-order chi connectivity index (χ0) is 6.10. The lowest BCUT2D eigenvalue weighted by Gasteiger charge is -2.15. The fourth-order valence-electron chi connectivity index (χ4n) is 1.34. The fourth-order valence-corrected chi connectivity index (χ4v) is 1.34. The summed E-state index contributed by atoms with van der Waals surface area (Å²) in [5.41, 5.74) is 0. The summed E-state index contributed by atoms with van der Waals surface area (Å²) in [4.78, 5) is 6.59. The van der Waals surface area contributed by atoms with Gasteiger partial charge in [-0.25, -0.2) is 0 Å². The van der Waals surface area contributed by atoms with Crippen molar-refractivity contribution in [2.24, 2.45) is 4.99 Å². The van der Waals surface area contributed by atoms with Crippen LogP contribution < -0.4 is 0 Å². The third-order valence-electron chi connectivity index (χ3n) is 1.80. The van der Waals surface area contributed by atoms with Gasteiger partial charge in [-0.3, -0.25) is 4.99 Å². The van der Waals surface area contributed by atoms with E-state index in [4.69, 9.17) is 0 Å². The molecule has 0 N–H and O–H groups in total. The van der Waals surface area contributed by atoms with Crippen LogP contribution in [0.3, 0.4) is 0 Å². The Morgan fingerprint density at radius 2 is 2.56 bits per heavy atom. The minimum atomic E-state index is 0.895. The quantitative estimate of drug-likeness (QED) is 0.468. The lowest BCUT2D eigenvalue weighted by molar-refractivity contribution is 0.593. The van der Waals surface area contributed by atoms with Crippen molar-refractivity contribution in [1.29, 1.82) is 0 Å².